The zero-order valence-electron chi connectivity index (χ0n) is 20.6. The lowest BCUT2D eigenvalue weighted by atomic mass is 10.1. The molecule has 37 heavy (non-hydrogen) atoms. The number of carbonyl (C=O) groups excluding carboxylic acids is 2. The third kappa shape index (κ3) is 5.63. The van der Waals surface area contributed by atoms with Crippen LogP contribution in [0.4, 0.5) is 11.5 Å². The first-order valence-corrected chi connectivity index (χ1v) is 12.2. The molecule has 2 amide bonds. The molecule has 2 fully saturated rings. The molecule has 0 bridgehead atoms. The van der Waals surface area contributed by atoms with E-state index in [0.29, 0.717) is 55.5 Å². The quantitative estimate of drug-likeness (QED) is 0.452. The lowest BCUT2D eigenvalue weighted by Crippen LogP contribution is -2.49. The number of aryl methyl sites for hydroxylation is 1. The largest absolute Gasteiger partial charge is 0.493 e. The van der Waals surface area contributed by atoms with Crippen molar-refractivity contribution in [1.82, 2.24) is 14.9 Å². The molecular weight excluding hydrogens is 476 g/mol. The number of hydrogen-bond acceptors (Lipinski definition) is 9. The summed E-state index contributed by atoms with van der Waals surface area (Å²) in [5, 5.41) is 13.6. The number of morpholine rings is 2. The van der Waals surface area contributed by atoms with Crippen molar-refractivity contribution in [3.05, 3.63) is 53.2 Å². The highest BCUT2D eigenvalue weighted by Crippen LogP contribution is 2.27. The van der Waals surface area contributed by atoms with Gasteiger partial charge in [-0.3, -0.25) is 14.5 Å². The highest BCUT2D eigenvalue weighted by molar-refractivity contribution is 6.08. The number of amides is 2. The van der Waals surface area contributed by atoms with Crippen LogP contribution in [0.3, 0.4) is 0 Å². The van der Waals surface area contributed by atoms with Gasteiger partial charge < -0.3 is 30.5 Å². The maximum absolute atomic E-state index is 13.6. The number of pyridine rings is 2. The van der Waals surface area contributed by atoms with Crippen LogP contribution >= 0.6 is 0 Å². The van der Waals surface area contributed by atoms with Gasteiger partial charge in [-0.05, 0) is 42.3 Å². The van der Waals surface area contributed by atoms with Crippen LogP contribution in [0, 0.1) is 6.92 Å². The topological polar surface area (TPSA) is 143 Å². The predicted octanol–water partition coefficient (Wildman–Crippen LogP) is 1.42. The van der Waals surface area contributed by atoms with Gasteiger partial charge >= 0.3 is 0 Å². The number of primary amides is 1. The van der Waals surface area contributed by atoms with E-state index in [1.807, 2.05) is 24.0 Å². The zero-order chi connectivity index (χ0) is 25.9. The standard InChI is InChI=1S/C26H30N6O5/c1-16-10-23(33)30-21-3-2-18(12-19(16)21)29-26(35)20-11-17(14-31-4-7-36-8-5-31)13-28-25(20)32-6-9-37-22(15-32)24(27)34/h2-3,10-13,22H,4-9,14-15H2,1H3,(H2,27,34)(H,29,35)(H,30,33). The summed E-state index contributed by atoms with van der Waals surface area (Å²) in [6.45, 7) is 6.49. The minimum absolute atomic E-state index is 0.0469. The number of rotatable bonds is 6. The third-order valence-corrected chi connectivity index (χ3v) is 6.62. The zero-order valence-corrected chi connectivity index (χ0v) is 20.6. The van der Waals surface area contributed by atoms with E-state index in [9.17, 15) is 14.7 Å². The lowest BCUT2D eigenvalue weighted by molar-refractivity contribution is -0.130. The molecule has 4 heterocycles. The minimum atomic E-state index is -0.771. The summed E-state index contributed by atoms with van der Waals surface area (Å²) in [6, 6.07) is 8.77. The monoisotopic (exact) mass is 506 g/mol. The number of anilines is 2. The van der Waals surface area contributed by atoms with E-state index < -0.39 is 12.0 Å². The highest BCUT2D eigenvalue weighted by atomic mass is 16.5. The Labute approximate surface area is 214 Å². The van der Waals surface area contributed by atoms with Gasteiger partial charge in [-0.15, -0.1) is 0 Å². The van der Waals surface area contributed by atoms with Gasteiger partial charge in [0.25, 0.3) is 5.91 Å². The van der Waals surface area contributed by atoms with Crippen LogP contribution in [0.2, 0.25) is 0 Å². The Bertz CT molecular complexity index is 1330. The molecule has 2 aromatic heterocycles. The van der Waals surface area contributed by atoms with Crippen molar-refractivity contribution in [2.75, 3.05) is 56.2 Å². The maximum atomic E-state index is 13.6. The van der Waals surface area contributed by atoms with E-state index in [1.54, 1.807) is 24.4 Å². The molecule has 0 spiro atoms. The van der Waals surface area contributed by atoms with Crippen LogP contribution in [-0.2, 0) is 20.8 Å². The van der Waals surface area contributed by atoms with Gasteiger partial charge in [0.05, 0.1) is 37.4 Å². The van der Waals surface area contributed by atoms with Gasteiger partial charge in [-0.25, -0.2) is 9.97 Å². The van der Waals surface area contributed by atoms with Gasteiger partial charge in [0.2, 0.25) is 11.8 Å². The van der Waals surface area contributed by atoms with E-state index in [-0.39, 0.29) is 18.3 Å². The predicted molar refractivity (Wildman–Crippen MR) is 138 cm³/mol. The number of aromatic nitrogens is 2. The molecule has 2 aliphatic heterocycles. The van der Waals surface area contributed by atoms with Crippen LogP contribution in [0.1, 0.15) is 21.5 Å². The van der Waals surface area contributed by atoms with Crippen LogP contribution in [0.15, 0.2) is 36.5 Å². The van der Waals surface area contributed by atoms with Crippen molar-refractivity contribution in [3.63, 3.8) is 0 Å². The fourth-order valence-corrected chi connectivity index (χ4v) is 4.69. The Morgan fingerprint density at radius 1 is 1.16 bits per heavy atom. The fraction of sp³-hybridized carbons (Fsp3) is 0.385. The SMILES string of the molecule is Cc1cc(O)nc2ccc(NC(=O)c3cc(CN4CCOCC4)cnc3N3CCOC(C(N)=O)C3)cc12. The molecule has 0 aliphatic carbocycles. The number of ether oxygens (including phenoxy) is 2. The van der Waals surface area contributed by atoms with Gasteiger partial charge in [0.1, 0.15) is 5.82 Å². The average Bonchev–Trinajstić information content (AvgIpc) is 2.89. The van der Waals surface area contributed by atoms with Crippen LogP contribution in [-0.4, -0.2) is 83.9 Å². The molecule has 4 N–H and O–H groups in total. The number of nitrogens with zero attached hydrogens (tertiary/aromatic N) is 4. The average molecular weight is 507 g/mol. The fourth-order valence-electron chi connectivity index (χ4n) is 4.69. The second-order valence-electron chi connectivity index (χ2n) is 9.29. The number of nitrogens with two attached hydrogens (primary N) is 1. The summed E-state index contributed by atoms with van der Waals surface area (Å²) in [7, 11) is 0. The number of aromatic hydroxyl groups is 1. The Morgan fingerprint density at radius 2 is 1.97 bits per heavy atom. The van der Waals surface area contributed by atoms with Crippen molar-refractivity contribution in [1.29, 1.82) is 0 Å². The Morgan fingerprint density at radius 3 is 2.76 bits per heavy atom. The second-order valence-corrected chi connectivity index (χ2v) is 9.29. The van der Waals surface area contributed by atoms with Crippen molar-refractivity contribution in [2.24, 2.45) is 5.73 Å². The van der Waals surface area contributed by atoms with Gasteiger partial charge in [0.15, 0.2) is 6.10 Å². The summed E-state index contributed by atoms with van der Waals surface area (Å²) in [4.78, 5) is 38.3. The highest BCUT2D eigenvalue weighted by Gasteiger charge is 2.29. The summed E-state index contributed by atoms with van der Waals surface area (Å²) in [5.74, 6) is -0.446. The summed E-state index contributed by atoms with van der Waals surface area (Å²) >= 11 is 0. The molecule has 3 aromatic rings. The van der Waals surface area contributed by atoms with Crippen molar-refractivity contribution in [2.45, 2.75) is 19.6 Å². The Hall–Kier alpha value is -3.80. The summed E-state index contributed by atoms with van der Waals surface area (Å²) in [5.41, 5.74) is 8.86. The van der Waals surface area contributed by atoms with Gasteiger partial charge in [-0.2, -0.15) is 0 Å². The molecule has 11 nitrogen and oxygen atoms in total. The second kappa shape index (κ2) is 10.7. The summed E-state index contributed by atoms with van der Waals surface area (Å²) < 4.78 is 10.9. The van der Waals surface area contributed by atoms with E-state index in [1.165, 1.54) is 0 Å². The number of nitrogens with one attached hydrogen (secondary N) is 1. The van der Waals surface area contributed by atoms with Gasteiger partial charge in [-0.1, -0.05) is 0 Å². The van der Waals surface area contributed by atoms with E-state index >= 15 is 0 Å². The van der Waals surface area contributed by atoms with Crippen molar-refractivity contribution in [3.8, 4) is 5.88 Å². The Kier molecular flexibility index (Phi) is 7.17. The first kappa shape index (κ1) is 24.9. The van der Waals surface area contributed by atoms with Crippen LogP contribution in [0.25, 0.3) is 10.9 Å². The lowest BCUT2D eigenvalue weighted by Gasteiger charge is -2.33. The van der Waals surface area contributed by atoms with Gasteiger partial charge in [0, 0.05) is 49.5 Å². The molecule has 0 radical (unpaired) electrons. The van der Waals surface area contributed by atoms with Crippen molar-refractivity contribution < 1.29 is 24.2 Å². The molecule has 11 heteroatoms. The van der Waals surface area contributed by atoms with E-state index in [2.05, 4.69) is 20.2 Å². The van der Waals surface area contributed by atoms with E-state index in [0.717, 1.165) is 29.6 Å². The van der Waals surface area contributed by atoms with E-state index in [4.69, 9.17) is 15.2 Å². The molecule has 194 valence electrons. The first-order chi connectivity index (χ1) is 17.9. The molecule has 1 aromatic carbocycles. The minimum Gasteiger partial charge on any atom is -0.493 e. The number of benzene rings is 1. The normalized spacial score (nSPS) is 18.6. The molecular formula is C26H30N6O5. The molecule has 2 aliphatic rings. The number of fused-ring (bicyclic) bond motifs is 1. The first-order valence-electron chi connectivity index (χ1n) is 12.2. The van der Waals surface area contributed by atoms with Crippen LogP contribution < -0.4 is 16.0 Å². The molecule has 5 rings (SSSR count). The summed E-state index contributed by atoms with van der Waals surface area (Å²) in [6.07, 6.45) is 1.00. The number of carbonyl (C=O) groups is 2. The molecule has 1 atom stereocenters. The van der Waals surface area contributed by atoms with Crippen LogP contribution in [0.5, 0.6) is 5.88 Å². The molecule has 0 saturated carbocycles. The number of hydrogen-bond donors (Lipinski definition) is 3. The van der Waals surface area contributed by atoms with Crippen molar-refractivity contribution >= 4 is 34.2 Å². The maximum Gasteiger partial charge on any atom is 0.259 e. The molecule has 2 saturated heterocycles. The molecule has 1 unspecified atom stereocenters. The third-order valence-electron chi connectivity index (χ3n) is 6.62. The Balaban J connectivity index is 1.45. The smallest absolute Gasteiger partial charge is 0.259 e.